The van der Waals surface area contributed by atoms with Gasteiger partial charge in [0.2, 0.25) is 15.9 Å². The van der Waals surface area contributed by atoms with Gasteiger partial charge in [0, 0.05) is 18.2 Å². The molecule has 1 unspecified atom stereocenters. The smallest absolute Gasteiger partial charge is 0.232 e. The summed E-state index contributed by atoms with van der Waals surface area (Å²) in [5.41, 5.74) is 0.930. The van der Waals surface area contributed by atoms with Gasteiger partial charge in [0.1, 0.15) is 5.75 Å². The predicted octanol–water partition coefficient (Wildman–Crippen LogP) is 2.75. The lowest BCUT2D eigenvalue weighted by molar-refractivity contribution is -0.116. The summed E-state index contributed by atoms with van der Waals surface area (Å²) in [4.78, 5) is 12.0. The fraction of sp³-hybridized carbons (Fsp3) is 0.438. The van der Waals surface area contributed by atoms with Crippen LogP contribution in [-0.4, -0.2) is 27.2 Å². The van der Waals surface area contributed by atoms with E-state index < -0.39 is 10.0 Å². The lowest BCUT2D eigenvalue weighted by atomic mass is 10.1. The Balaban J connectivity index is 2.06. The molecule has 0 spiro atoms. The Morgan fingerprint density at radius 3 is 2.78 bits per heavy atom. The maximum atomic E-state index is 12.0. The molecular weight excluding hydrogens is 316 g/mol. The number of allylic oxidation sites excluding steroid dienone is 2. The van der Waals surface area contributed by atoms with E-state index in [1.54, 1.807) is 25.1 Å². The SMILES string of the molecule is CCS(=O)(=O)Nc1ccc(NC(=O)CC2C=CCC2)cc1OC. The lowest BCUT2D eigenvalue weighted by Gasteiger charge is -2.13. The number of anilines is 2. The van der Waals surface area contributed by atoms with Gasteiger partial charge in [0.15, 0.2) is 0 Å². The standard InChI is InChI=1S/C16H22N2O4S/c1-3-23(20,21)18-14-9-8-13(11-15(14)22-2)17-16(19)10-12-6-4-5-7-12/h4,6,8-9,11-12,18H,3,5,7,10H2,1-2H3,(H,17,19). The molecule has 7 heteroatoms. The number of hydrogen-bond donors (Lipinski definition) is 2. The zero-order valence-electron chi connectivity index (χ0n) is 13.3. The van der Waals surface area contributed by atoms with Crippen LogP contribution in [0.4, 0.5) is 11.4 Å². The lowest BCUT2D eigenvalue weighted by Crippen LogP contribution is -2.16. The van der Waals surface area contributed by atoms with Crippen molar-refractivity contribution in [3.05, 3.63) is 30.4 Å². The van der Waals surface area contributed by atoms with Crippen LogP contribution in [0.2, 0.25) is 0 Å². The number of rotatable bonds is 7. The van der Waals surface area contributed by atoms with Crippen molar-refractivity contribution in [2.24, 2.45) is 5.92 Å². The number of hydrogen-bond acceptors (Lipinski definition) is 4. The molecule has 6 nitrogen and oxygen atoms in total. The first-order valence-corrected chi connectivity index (χ1v) is 9.24. The van der Waals surface area contributed by atoms with Gasteiger partial charge in [-0.1, -0.05) is 12.2 Å². The van der Waals surface area contributed by atoms with Gasteiger partial charge < -0.3 is 10.1 Å². The van der Waals surface area contributed by atoms with Gasteiger partial charge in [0.25, 0.3) is 0 Å². The van der Waals surface area contributed by atoms with Gasteiger partial charge in [-0.15, -0.1) is 0 Å². The highest BCUT2D eigenvalue weighted by Crippen LogP contribution is 2.29. The van der Waals surface area contributed by atoms with Crippen LogP contribution in [0.25, 0.3) is 0 Å². The van der Waals surface area contributed by atoms with Crippen LogP contribution in [0.5, 0.6) is 5.75 Å². The molecule has 0 aliphatic heterocycles. The van der Waals surface area contributed by atoms with Gasteiger partial charge in [-0.05, 0) is 37.8 Å². The monoisotopic (exact) mass is 338 g/mol. The van der Waals surface area contributed by atoms with Crippen molar-refractivity contribution in [2.75, 3.05) is 22.9 Å². The van der Waals surface area contributed by atoms with Crippen LogP contribution in [0.15, 0.2) is 30.4 Å². The second kappa shape index (κ2) is 7.50. The maximum absolute atomic E-state index is 12.0. The Morgan fingerprint density at radius 1 is 1.39 bits per heavy atom. The molecule has 0 aromatic heterocycles. The van der Waals surface area contributed by atoms with Crippen molar-refractivity contribution >= 4 is 27.3 Å². The van der Waals surface area contributed by atoms with Crippen molar-refractivity contribution in [2.45, 2.75) is 26.2 Å². The van der Waals surface area contributed by atoms with Crippen LogP contribution < -0.4 is 14.8 Å². The van der Waals surface area contributed by atoms with Crippen LogP contribution in [0.3, 0.4) is 0 Å². The summed E-state index contributed by atoms with van der Waals surface area (Å²) in [6.07, 6.45) is 6.65. The van der Waals surface area contributed by atoms with E-state index in [-0.39, 0.29) is 11.7 Å². The molecular formula is C16H22N2O4S. The first kappa shape index (κ1) is 17.3. The molecule has 1 aromatic rings. The third kappa shape index (κ3) is 4.99. The summed E-state index contributed by atoms with van der Waals surface area (Å²) < 4.78 is 31.0. The zero-order chi connectivity index (χ0) is 16.9. The number of carbonyl (C=O) groups excluding carboxylic acids is 1. The van der Waals surface area contributed by atoms with E-state index in [1.807, 2.05) is 0 Å². The van der Waals surface area contributed by atoms with Crippen molar-refractivity contribution in [1.29, 1.82) is 0 Å². The van der Waals surface area contributed by atoms with E-state index in [1.165, 1.54) is 7.11 Å². The fourth-order valence-electron chi connectivity index (χ4n) is 2.41. The molecule has 23 heavy (non-hydrogen) atoms. The summed E-state index contributed by atoms with van der Waals surface area (Å²) in [6.45, 7) is 1.56. The van der Waals surface area contributed by atoms with E-state index >= 15 is 0 Å². The fourth-order valence-corrected chi connectivity index (χ4v) is 3.06. The number of methoxy groups -OCH3 is 1. The Labute approximate surface area is 137 Å². The molecule has 2 N–H and O–H groups in total. The van der Waals surface area contributed by atoms with Crippen LogP contribution in [0, 0.1) is 5.92 Å². The Hall–Kier alpha value is -2.02. The molecule has 0 heterocycles. The minimum Gasteiger partial charge on any atom is -0.494 e. The number of benzene rings is 1. The third-order valence-electron chi connectivity index (χ3n) is 3.69. The summed E-state index contributed by atoms with van der Waals surface area (Å²) >= 11 is 0. The largest absolute Gasteiger partial charge is 0.494 e. The summed E-state index contributed by atoms with van der Waals surface area (Å²) in [5, 5.41) is 2.82. The highest BCUT2D eigenvalue weighted by molar-refractivity contribution is 7.92. The number of ether oxygens (including phenoxy) is 1. The second-order valence-electron chi connectivity index (χ2n) is 5.44. The first-order valence-electron chi connectivity index (χ1n) is 7.58. The van der Waals surface area contributed by atoms with Crippen LogP contribution in [-0.2, 0) is 14.8 Å². The molecule has 1 aromatic carbocycles. The molecule has 0 bridgehead atoms. The number of amides is 1. The third-order valence-corrected chi connectivity index (χ3v) is 4.98. The minimum atomic E-state index is -3.38. The Morgan fingerprint density at radius 2 is 2.17 bits per heavy atom. The highest BCUT2D eigenvalue weighted by atomic mass is 32.2. The minimum absolute atomic E-state index is 0.0243. The summed E-state index contributed by atoms with van der Waals surface area (Å²) in [5.74, 6) is 0.572. The molecule has 2 rings (SSSR count). The van der Waals surface area contributed by atoms with Gasteiger partial charge in [-0.2, -0.15) is 0 Å². The Kier molecular flexibility index (Phi) is 5.65. The van der Waals surface area contributed by atoms with Gasteiger partial charge in [-0.3, -0.25) is 9.52 Å². The number of carbonyl (C=O) groups is 1. The molecule has 0 saturated heterocycles. The zero-order valence-corrected chi connectivity index (χ0v) is 14.2. The van der Waals surface area contributed by atoms with Crippen molar-refractivity contribution < 1.29 is 17.9 Å². The van der Waals surface area contributed by atoms with E-state index in [0.29, 0.717) is 29.5 Å². The average molecular weight is 338 g/mol. The topological polar surface area (TPSA) is 84.5 Å². The molecule has 0 saturated carbocycles. The summed E-state index contributed by atoms with van der Waals surface area (Å²) in [7, 11) is -1.93. The number of nitrogens with one attached hydrogen (secondary N) is 2. The summed E-state index contributed by atoms with van der Waals surface area (Å²) in [6, 6.07) is 4.84. The molecule has 1 atom stereocenters. The normalized spacial score (nSPS) is 17.0. The van der Waals surface area contributed by atoms with Gasteiger partial charge in [-0.25, -0.2) is 8.42 Å². The maximum Gasteiger partial charge on any atom is 0.232 e. The van der Waals surface area contributed by atoms with Crippen molar-refractivity contribution in [1.82, 2.24) is 0 Å². The second-order valence-corrected chi connectivity index (χ2v) is 7.45. The van der Waals surface area contributed by atoms with Crippen molar-refractivity contribution in [3.8, 4) is 5.75 Å². The van der Waals surface area contributed by atoms with E-state index in [9.17, 15) is 13.2 Å². The van der Waals surface area contributed by atoms with Crippen LogP contribution >= 0.6 is 0 Å². The molecule has 1 amide bonds. The Bertz CT molecular complexity index is 698. The average Bonchev–Trinajstić information content (AvgIpc) is 3.01. The molecule has 1 aliphatic rings. The molecule has 0 radical (unpaired) electrons. The molecule has 0 fully saturated rings. The highest BCUT2D eigenvalue weighted by Gasteiger charge is 2.15. The number of sulfonamides is 1. The van der Waals surface area contributed by atoms with Gasteiger partial charge >= 0.3 is 0 Å². The quantitative estimate of drug-likeness (QED) is 0.749. The molecule has 126 valence electrons. The first-order chi connectivity index (χ1) is 10.9. The van der Waals surface area contributed by atoms with Gasteiger partial charge in [0.05, 0.1) is 18.6 Å². The van der Waals surface area contributed by atoms with E-state index in [4.69, 9.17) is 4.74 Å². The van der Waals surface area contributed by atoms with E-state index in [0.717, 1.165) is 12.8 Å². The van der Waals surface area contributed by atoms with Crippen molar-refractivity contribution in [3.63, 3.8) is 0 Å². The predicted molar refractivity (Wildman–Crippen MR) is 91.2 cm³/mol. The van der Waals surface area contributed by atoms with E-state index in [2.05, 4.69) is 22.2 Å². The molecule has 1 aliphatic carbocycles. The van der Waals surface area contributed by atoms with Crippen LogP contribution in [0.1, 0.15) is 26.2 Å².